The Morgan fingerprint density at radius 3 is 2.16 bits per heavy atom. The predicted molar refractivity (Wildman–Crippen MR) is 117 cm³/mol. The first-order valence-corrected chi connectivity index (χ1v) is 10.3. The molecule has 0 saturated heterocycles. The van der Waals surface area contributed by atoms with E-state index in [-0.39, 0.29) is 17.7 Å². The van der Waals surface area contributed by atoms with Gasteiger partial charge in [0.25, 0.3) is 17.7 Å². The minimum Gasteiger partial charge on any atom is -0.298 e. The number of fused-ring (bicyclic) bond motifs is 1. The highest BCUT2D eigenvalue weighted by atomic mass is 32.1. The number of pyridine rings is 1. The molecule has 4 aromatic rings. The van der Waals surface area contributed by atoms with E-state index in [4.69, 9.17) is 0 Å². The number of hydrogen-bond donors (Lipinski definition) is 1. The third kappa shape index (κ3) is 3.38. The molecule has 0 atom stereocenters. The second kappa shape index (κ2) is 7.58. The molecular formula is C23H14N4O3S. The number of imide groups is 1. The van der Waals surface area contributed by atoms with Gasteiger partial charge in [0.15, 0.2) is 5.13 Å². The molecule has 3 amide bonds. The number of rotatable bonds is 4. The highest BCUT2D eigenvalue weighted by molar-refractivity contribution is 7.14. The first kappa shape index (κ1) is 18.8. The molecule has 0 radical (unpaired) electrons. The number of anilines is 2. The molecule has 0 unspecified atom stereocenters. The average molecular weight is 426 g/mol. The van der Waals surface area contributed by atoms with Crippen LogP contribution in [0, 0.1) is 0 Å². The number of hydrogen-bond acceptors (Lipinski definition) is 6. The fraction of sp³-hybridized carbons (Fsp3) is 0. The Kier molecular flexibility index (Phi) is 4.61. The number of nitrogens with one attached hydrogen (secondary N) is 1. The van der Waals surface area contributed by atoms with Crippen LogP contribution >= 0.6 is 11.3 Å². The van der Waals surface area contributed by atoms with E-state index in [9.17, 15) is 14.4 Å². The van der Waals surface area contributed by atoms with Crippen LogP contribution in [0.25, 0.3) is 11.4 Å². The molecule has 0 fully saturated rings. The lowest BCUT2D eigenvalue weighted by atomic mass is 10.1. The van der Waals surface area contributed by atoms with Gasteiger partial charge in [-0.3, -0.25) is 24.7 Å². The molecule has 0 saturated carbocycles. The van der Waals surface area contributed by atoms with Crippen LogP contribution in [0.4, 0.5) is 10.8 Å². The van der Waals surface area contributed by atoms with Gasteiger partial charge in [-0.2, -0.15) is 0 Å². The Morgan fingerprint density at radius 2 is 1.52 bits per heavy atom. The molecular weight excluding hydrogens is 412 g/mol. The lowest BCUT2D eigenvalue weighted by molar-refractivity contribution is 0.0925. The molecule has 3 heterocycles. The number of aromatic nitrogens is 2. The van der Waals surface area contributed by atoms with Crippen LogP contribution in [0.15, 0.2) is 78.3 Å². The summed E-state index contributed by atoms with van der Waals surface area (Å²) in [5.74, 6) is -1.08. The maximum Gasteiger partial charge on any atom is 0.266 e. The van der Waals surface area contributed by atoms with Gasteiger partial charge in [0.1, 0.15) is 5.69 Å². The summed E-state index contributed by atoms with van der Waals surface area (Å²) in [5.41, 5.74) is 2.96. The summed E-state index contributed by atoms with van der Waals surface area (Å²) in [6.45, 7) is 0. The maximum atomic E-state index is 12.6. The molecule has 1 aliphatic heterocycles. The molecule has 2 aromatic carbocycles. The van der Waals surface area contributed by atoms with Crippen LogP contribution < -0.4 is 10.2 Å². The van der Waals surface area contributed by atoms with Crippen molar-refractivity contribution in [3.8, 4) is 11.4 Å². The fourth-order valence-corrected chi connectivity index (χ4v) is 4.02. The molecule has 0 aliphatic carbocycles. The lowest BCUT2D eigenvalue weighted by Crippen LogP contribution is -2.29. The zero-order valence-corrected chi connectivity index (χ0v) is 16.8. The summed E-state index contributed by atoms with van der Waals surface area (Å²) in [6.07, 6.45) is 1.68. The standard InChI is InChI=1S/C23H14N4O3S/c28-20(26-23-25-19(13-31-23)18-7-3-4-12-24-18)14-8-10-15(11-9-14)27-21(29)16-5-1-2-6-17(16)22(27)30/h1-13H,(H,25,26,28). The number of nitrogens with zero attached hydrogens (tertiary/aromatic N) is 3. The second-order valence-corrected chi connectivity index (χ2v) is 7.60. The van der Waals surface area contributed by atoms with Gasteiger partial charge in [0.05, 0.1) is 22.5 Å². The van der Waals surface area contributed by atoms with Crippen molar-refractivity contribution in [3.63, 3.8) is 0 Å². The van der Waals surface area contributed by atoms with Gasteiger partial charge in [0.2, 0.25) is 0 Å². The monoisotopic (exact) mass is 426 g/mol. The summed E-state index contributed by atoms with van der Waals surface area (Å²) >= 11 is 1.30. The molecule has 1 N–H and O–H groups in total. The van der Waals surface area contributed by atoms with Crippen molar-refractivity contribution in [2.24, 2.45) is 0 Å². The SMILES string of the molecule is O=C(Nc1nc(-c2ccccn2)cs1)c1ccc(N2C(=O)c3ccccc3C2=O)cc1. The van der Waals surface area contributed by atoms with E-state index in [1.807, 2.05) is 23.6 Å². The number of amides is 3. The van der Waals surface area contributed by atoms with Gasteiger partial charge in [-0.15, -0.1) is 11.3 Å². The fourth-order valence-electron chi connectivity index (χ4n) is 3.32. The van der Waals surface area contributed by atoms with Crippen LogP contribution in [0.1, 0.15) is 31.1 Å². The topological polar surface area (TPSA) is 92.3 Å². The third-order valence-corrected chi connectivity index (χ3v) is 5.59. The molecule has 31 heavy (non-hydrogen) atoms. The highest BCUT2D eigenvalue weighted by Crippen LogP contribution is 2.29. The van der Waals surface area contributed by atoms with E-state index < -0.39 is 0 Å². The van der Waals surface area contributed by atoms with Crippen molar-refractivity contribution in [3.05, 3.63) is 95.0 Å². The molecule has 1 aliphatic rings. The van der Waals surface area contributed by atoms with Crippen molar-refractivity contribution in [2.45, 2.75) is 0 Å². The molecule has 8 heteroatoms. The zero-order chi connectivity index (χ0) is 21.4. The van der Waals surface area contributed by atoms with Gasteiger partial charge < -0.3 is 0 Å². The van der Waals surface area contributed by atoms with Crippen molar-refractivity contribution in [1.82, 2.24) is 9.97 Å². The van der Waals surface area contributed by atoms with E-state index in [2.05, 4.69) is 15.3 Å². The van der Waals surface area contributed by atoms with Gasteiger partial charge in [-0.1, -0.05) is 18.2 Å². The normalized spacial score (nSPS) is 12.7. The second-order valence-electron chi connectivity index (χ2n) is 6.75. The van der Waals surface area contributed by atoms with Crippen molar-refractivity contribution in [1.29, 1.82) is 0 Å². The Balaban J connectivity index is 1.32. The molecule has 7 nitrogen and oxygen atoms in total. The highest BCUT2D eigenvalue weighted by Gasteiger charge is 2.36. The minimum atomic E-state index is -0.373. The molecule has 150 valence electrons. The van der Waals surface area contributed by atoms with Gasteiger partial charge >= 0.3 is 0 Å². The van der Waals surface area contributed by atoms with E-state index in [1.54, 1.807) is 54.7 Å². The molecule has 0 bridgehead atoms. The Labute approximate surface area is 181 Å². The summed E-state index contributed by atoms with van der Waals surface area (Å²) in [4.78, 5) is 47.6. The Hall–Kier alpha value is -4.17. The lowest BCUT2D eigenvalue weighted by Gasteiger charge is -2.14. The molecule has 0 spiro atoms. The average Bonchev–Trinajstić information content (AvgIpc) is 3.37. The first-order valence-electron chi connectivity index (χ1n) is 9.38. The van der Waals surface area contributed by atoms with Crippen molar-refractivity contribution >= 4 is 39.9 Å². The third-order valence-electron chi connectivity index (χ3n) is 4.83. The summed E-state index contributed by atoms with van der Waals surface area (Å²) in [7, 11) is 0. The van der Waals surface area contributed by atoms with Crippen molar-refractivity contribution < 1.29 is 14.4 Å². The Bertz CT molecular complexity index is 1280. The number of thiazole rings is 1. The smallest absolute Gasteiger partial charge is 0.266 e. The minimum absolute atomic E-state index is 0.337. The number of carbonyl (C=O) groups excluding carboxylic acids is 3. The summed E-state index contributed by atoms with van der Waals surface area (Å²) in [6, 6.07) is 18.5. The van der Waals surface area contributed by atoms with Crippen LogP contribution in [-0.2, 0) is 0 Å². The summed E-state index contributed by atoms with van der Waals surface area (Å²) < 4.78 is 0. The van der Waals surface area contributed by atoms with Crippen LogP contribution in [0.3, 0.4) is 0 Å². The maximum absolute atomic E-state index is 12.6. The molecule has 5 rings (SSSR count). The quantitative estimate of drug-likeness (QED) is 0.492. The zero-order valence-electron chi connectivity index (χ0n) is 16.0. The van der Waals surface area contributed by atoms with Crippen LogP contribution in [0.5, 0.6) is 0 Å². The predicted octanol–water partition coefficient (Wildman–Crippen LogP) is 4.26. The summed E-state index contributed by atoms with van der Waals surface area (Å²) in [5, 5.41) is 5.04. The van der Waals surface area contributed by atoms with E-state index in [1.165, 1.54) is 11.3 Å². The van der Waals surface area contributed by atoms with E-state index in [0.29, 0.717) is 33.2 Å². The number of benzene rings is 2. The molecule has 2 aromatic heterocycles. The van der Waals surface area contributed by atoms with E-state index >= 15 is 0 Å². The van der Waals surface area contributed by atoms with E-state index in [0.717, 1.165) is 10.6 Å². The van der Waals surface area contributed by atoms with Gasteiger partial charge in [-0.25, -0.2) is 9.88 Å². The van der Waals surface area contributed by atoms with Crippen LogP contribution in [0.2, 0.25) is 0 Å². The largest absolute Gasteiger partial charge is 0.298 e. The Morgan fingerprint density at radius 1 is 0.839 bits per heavy atom. The van der Waals surface area contributed by atoms with Crippen molar-refractivity contribution in [2.75, 3.05) is 10.2 Å². The van der Waals surface area contributed by atoms with Gasteiger partial charge in [-0.05, 0) is 48.5 Å². The number of carbonyl (C=O) groups is 3. The first-order chi connectivity index (χ1) is 15.1. The van der Waals surface area contributed by atoms with Crippen LogP contribution in [-0.4, -0.2) is 27.7 Å². The van der Waals surface area contributed by atoms with Gasteiger partial charge in [0, 0.05) is 17.1 Å².